The van der Waals surface area contributed by atoms with Crippen LogP contribution in [0, 0.1) is 0 Å². The molecule has 0 unspecified atom stereocenters. The molecular weight excluding hydrogens is 324 g/mol. The van der Waals surface area contributed by atoms with Crippen LogP contribution in [0.4, 0.5) is 5.69 Å². The predicted octanol–water partition coefficient (Wildman–Crippen LogP) is 0.260. The molecule has 0 saturated heterocycles. The largest absolute Gasteiger partial charge is 0.544 e. The number of anilines is 1. The maximum atomic E-state index is 11.9. The average molecular weight is 343 g/mol. The van der Waals surface area contributed by atoms with Crippen molar-refractivity contribution in [2.75, 3.05) is 11.9 Å². The van der Waals surface area contributed by atoms with E-state index < -0.39 is 12.0 Å². The van der Waals surface area contributed by atoms with Crippen LogP contribution in [0.2, 0.25) is 0 Å². The third-order valence-electron chi connectivity index (χ3n) is 2.86. The smallest absolute Gasteiger partial charge is 0.230 e. The van der Waals surface area contributed by atoms with Crippen LogP contribution in [-0.2, 0) is 9.59 Å². The highest BCUT2D eigenvalue weighted by atomic mass is 79.9. The van der Waals surface area contributed by atoms with Gasteiger partial charge in [-0.25, -0.2) is 0 Å². The Kier molecular flexibility index (Phi) is 7.25. The molecule has 0 heterocycles. The number of amides is 1. The molecule has 0 aliphatic rings. The van der Waals surface area contributed by atoms with Crippen molar-refractivity contribution in [3.05, 3.63) is 28.7 Å². The first-order valence-electron chi connectivity index (χ1n) is 6.63. The number of unbranched alkanes of at least 4 members (excludes halogenated alkanes) is 1. The van der Waals surface area contributed by atoms with Gasteiger partial charge in [0.05, 0.1) is 24.6 Å². The summed E-state index contributed by atoms with van der Waals surface area (Å²) in [5.41, 5.74) is 0.628. The third-order valence-corrected chi connectivity index (χ3v) is 3.56. The Morgan fingerprint density at radius 1 is 1.40 bits per heavy atom. The molecule has 3 N–H and O–H groups in total. The number of nitrogens with two attached hydrogens (primary N) is 1. The molecule has 0 aromatic heterocycles. The molecule has 1 rings (SSSR count). The molecule has 0 saturated carbocycles. The lowest BCUT2D eigenvalue weighted by molar-refractivity contribution is -0.682. The zero-order valence-corrected chi connectivity index (χ0v) is 13.0. The molecule has 0 spiro atoms. The fourth-order valence-corrected chi connectivity index (χ4v) is 2.13. The van der Waals surface area contributed by atoms with Crippen LogP contribution in [-0.4, -0.2) is 24.5 Å². The van der Waals surface area contributed by atoms with Crippen molar-refractivity contribution in [3.63, 3.8) is 0 Å². The molecule has 0 radical (unpaired) electrons. The standard InChI is InChI=1S/C14H19BrN2O3/c1-2-3-8-16-12(14(19)20)9-13(18)17-11-7-5-4-6-10(11)15/h4-7,12,16H,2-3,8-9H2,1H3,(H,17,18)(H,19,20)/t12-/m0/s1. The van der Waals surface area contributed by atoms with Gasteiger partial charge in [0.1, 0.15) is 6.04 Å². The number of carbonyl (C=O) groups excluding carboxylic acids is 2. The van der Waals surface area contributed by atoms with Gasteiger partial charge in [-0.05, 0) is 34.5 Å². The van der Waals surface area contributed by atoms with Crippen LogP contribution >= 0.6 is 15.9 Å². The number of hydrogen-bond donors (Lipinski definition) is 2. The van der Waals surface area contributed by atoms with Crippen LogP contribution in [0.5, 0.6) is 0 Å². The zero-order chi connectivity index (χ0) is 15.0. The third kappa shape index (κ3) is 5.71. The molecule has 0 fully saturated rings. The van der Waals surface area contributed by atoms with Crippen molar-refractivity contribution >= 4 is 33.5 Å². The minimum atomic E-state index is -1.21. The Labute approximate surface area is 126 Å². The van der Waals surface area contributed by atoms with Crippen molar-refractivity contribution < 1.29 is 20.0 Å². The van der Waals surface area contributed by atoms with Crippen LogP contribution in [0.3, 0.4) is 0 Å². The van der Waals surface area contributed by atoms with Gasteiger partial charge in [0, 0.05) is 4.47 Å². The van der Waals surface area contributed by atoms with Crippen molar-refractivity contribution in [2.45, 2.75) is 32.2 Å². The highest BCUT2D eigenvalue weighted by Gasteiger charge is 2.18. The van der Waals surface area contributed by atoms with Gasteiger partial charge in [-0.3, -0.25) is 4.79 Å². The second-order valence-corrected chi connectivity index (χ2v) is 5.39. The molecule has 0 aliphatic heterocycles. The van der Waals surface area contributed by atoms with Gasteiger partial charge in [-0.1, -0.05) is 25.5 Å². The van der Waals surface area contributed by atoms with Crippen molar-refractivity contribution in [1.82, 2.24) is 0 Å². The lowest BCUT2D eigenvalue weighted by atomic mass is 10.2. The Balaban J connectivity index is 2.54. The van der Waals surface area contributed by atoms with Crippen LogP contribution in [0.1, 0.15) is 26.2 Å². The van der Waals surface area contributed by atoms with E-state index in [9.17, 15) is 14.7 Å². The fourth-order valence-electron chi connectivity index (χ4n) is 1.75. The van der Waals surface area contributed by atoms with Crippen molar-refractivity contribution in [2.24, 2.45) is 0 Å². The number of carboxylic acid groups (broad SMARTS) is 1. The Morgan fingerprint density at radius 2 is 2.10 bits per heavy atom. The van der Waals surface area contributed by atoms with E-state index >= 15 is 0 Å². The topological polar surface area (TPSA) is 85.8 Å². The van der Waals surface area contributed by atoms with Crippen molar-refractivity contribution in [1.29, 1.82) is 0 Å². The first kappa shape index (κ1) is 16.7. The summed E-state index contributed by atoms with van der Waals surface area (Å²) in [7, 11) is 0. The summed E-state index contributed by atoms with van der Waals surface area (Å²) in [6.07, 6.45) is 1.79. The van der Waals surface area contributed by atoms with E-state index in [4.69, 9.17) is 0 Å². The lowest BCUT2D eigenvalue weighted by Gasteiger charge is -2.16. The summed E-state index contributed by atoms with van der Waals surface area (Å²) in [5, 5.41) is 15.4. The average Bonchev–Trinajstić information content (AvgIpc) is 2.40. The van der Waals surface area contributed by atoms with E-state index in [2.05, 4.69) is 21.2 Å². The molecule has 6 heteroatoms. The summed E-state index contributed by atoms with van der Waals surface area (Å²) in [6.45, 7) is 2.71. The number of carboxylic acids is 1. The van der Waals surface area contributed by atoms with Gasteiger partial charge in [0.25, 0.3) is 0 Å². The molecule has 1 atom stereocenters. The predicted molar refractivity (Wildman–Crippen MR) is 77.9 cm³/mol. The summed E-state index contributed by atoms with van der Waals surface area (Å²) >= 11 is 3.32. The van der Waals surface area contributed by atoms with Crippen LogP contribution in [0.15, 0.2) is 28.7 Å². The minimum absolute atomic E-state index is 0.104. The first-order chi connectivity index (χ1) is 9.54. The van der Waals surface area contributed by atoms with E-state index in [0.717, 1.165) is 17.3 Å². The second-order valence-electron chi connectivity index (χ2n) is 4.54. The SMILES string of the molecule is CCCC[NH2+][C@@H](CC(=O)Nc1ccccc1Br)C(=O)[O-]. The van der Waals surface area contributed by atoms with E-state index in [1.807, 2.05) is 13.0 Å². The molecule has 0 aliphatic carbocycles. The number of para-hydroxylation sites is 1. The molecular formula is C14H19BrN2O3. The normalized spacial score (nSPS) is 11.9. The zero-order valence-electron chi connectivity index (χ0n) is 11.4. The molecule has 5 nitrogen and oxygen atoms in total. The number of quaternary nitrogens is 1. The molecule has 1 amide bonds. The molecule has 0 bridgehead atoms. The quantitative estimate of drug-likeness (QED) is 0.664. The number of aliphatic carboxylic acids is 1. The summed E-state index contributed by atoms with van der Waals surface area (Å²) in [6, 6.07) is 6.34. The van der Waals surface area contributed by atoms with Gasteiger partial charge in [0.2, 0.25) is 5.91 Å². The van der Waals surface area contributed by atoms with Gasteiger partial charge < -0.3 is 20.5 Å². The summed E-state index contributed by atoms with van der Waals surface area (Å²) in [4.78, 5) is 22.9. The first-order valence-corrected chi connectivity index (χ1v) is 7.42. The van der Waals surface area contributed by atoms with E-state index in [1.165, 1.54) is 0 Å². The number of nitrogens with one attached hydrogen (secondary N) is 1. The number of halogens is 1. The summed E-state index contributed by atoms with van der Waals surface area (Å²) in [5.74, 6) is -1.54. The maximum absolute atomic E-state index is 11.9. The Bertz CT molecular complexity index is 465. The van der Waals surface area contributed by atoms with E-state index in [0.29, 0.717) is 12.2 Å². The van der Waals surface area contributed by atoms with Gasteiger partial charge in [-0.15, -0.1) is 0 Å². The monoisotopic (exact) mass is 342 g/mol. The highest BCUT2D eigenvalue weighted by Crippen LogP contribution is 2.21. The Morgan fingerprint density at radius 3 is 2.70 bits per heavy atom. The lowest BCUT2D eigenvalue weighted by Crippen LogP contribution is -2.93. The van der Waals surface area contributed by atoms with Crippen molar-refractivity contribution in [3.8, 4) is 0 Å². The summed E-state index contributed by atoms with van der Waals surface area (Å²) < 4.78 is 0.758. The van der Waals surface area contributed by atoms with Gasteiger partial charge in [0.15, 0.2) is 0 Å². The van der Waals surface area contributed by atoms with E-state index in [1.54, 1.807) is 23.5 Å². The maximum Gasteiger partial charge on any atom is 0.230 e. The van der Waals surface area contributed by atoms with E-state index in [-0.39, 0.29) is 12.3 Å². The Hall–Kier alpha value is -1.40. The number of carbonyl (C=O) groups is 2. The van der Waals surface area contributed by atoms with Gasteiger partial charge >= 0.3 is 0 Å². The molecule has 1 aromatic rings. The van der Waals surface area contributed by atoms with Crippen LogP contribution in [0.25, 0.3) is 0 Å². The molecule has 1 aromatic carbocycles. The minimum Gasteiger partial charge on any atom is -0.544 e. The second kappa shape index (κ2) is 8.71. The number of benzene rings is 1. The molecule has 110 valence electrons. The number of hydrogen-bond acceptors (Lipinski definition) is 3. The number of rotatable bonds is 8. The van der Waals surface area contributed by atoms with Crippen LogP contribution < -0.4 is 15.7 Å². The highest BCUT2D eigenvalue weighted by molar-refractivity contribution is 9.10. The fraction of sp³-hybridized carbons (Fsp3) is 0.429. The van der Waals surface area contributed by atoms with Gasteiger partial charge in [-0.2, -0.15) is 0 Å². The molecule has 20 heavy (non-hydrogen) atoms.